The summed E-state index contributed by atoms with van der Waals surface area (Å²) in [6.45, 7) is 4.11. The predicted octanol–water partition coefficient (Wildman–Crippen LogP) is 4.33. The normalized spacial score (nSPS) is 18.0. The van der Waals surface area contributed by atoms with E-state index < -0.39 is 5.97 Å². The van der Waals surface area contributed by atoms with Gasteiger partial charge in [-0.3, -0.25) is 4.79 Å². The number of nitriles is 1. The van der Waals surface area contributed by atoms with Crippen LogP contribution in [0.5, 0.6) is 0 Å². The molecule has 164 valence electrons. The number of oxazole rings is 1. The van der Waals surface area contributed by atoms with Crippen LogP contribution >= 0.6 is 0 Å². The van der Waals surface area contributed by atoms with Gasteiger partial charge in [-0.2, -0.15) is 5.26 Å². The van der Waals surface area contributed by atoms with Crippen molar-refractivity contribution < 1.29 is 14.3 Å². The van der Waals surface area contributed by atoms with Gasteiger partial charge in [-0.1, -0.05) is 6.07 Å². The summed E-state index contributed by atoms with van der Waals surface area (Å²) in [5, 5.41) is 22.0. The van der Waals surface area contributed by atoms with E-state index in [1.54, 1.807) is 0 Å². The molecule has 2 aliphatic rings. The number of aromatic nitrogens is 1. The van der Waals surface area contributed by atoms with Crippen molar-refractivity contribution >= 4 is 22.8 Å². The van der Waals surface area contributed by atoms with Gasteiger partial charge in [0.1, 0.15) is 17.1 Å². The molecule has 32 heavy (non-hydrogen) atoms. The number of piperidine rings is 1. The number of carboxylic acid groups (broad SMARTS) is 1. The third kappa shape index (κ3) is 3.51. The molecule has 2 N–H and O–H groups in total. The van der Waals surface area contributed by atoms with E-state index in [0.717, 1.165) is 41.8 Å². The summed E-state index contributed by atoms with van der Waals surface area (Å²) in [6.07, 6.45) is 5.17. The average molecular weight is 431 g/mol. The molecule has 0 amide bonds. The molecule has 5 rings (SSSR count). The Balaban J connectivity index is 1.56. The monoisotopic (exact) mass is 430 g/mol. The van der Waals surface area contributed by atoms with Crippen molar-refractivity contribution in [1.82, 2.24) is 10.3 Å². The molecular formula is C25H26N4O3. The molecule has 0 spiro atoms. The summed E-state index contributed by atoms with van der Waals surface area (Å²) in [5.74, 6) is -0.376. The van der Waals surface area contributed by atoms with E-state index in [4.69, 9.17) is 14.5 Å². The fourth-order valence-corrected chi connectivity index (χ4v) is 5.14. The summed E-state index contributed by atoms with van der Waals surface area (Å²) >= 11 is 0. The summed E-state index contributed by atoms with van der Waals surface area (Å²) in [5.41, 5.74) is 6.84. The van der Waals surface area contributed by atoms with Gasteiger partial charge in [-0.05, 0) is 73.9 Å². The highest BCUT2D eigenvalue weighted by Gasteiger charge is 2.29. The fraction of sp³-hybridized carbons (Fsp3) is 0.400. The number of rotatable bonds is 5. The molecule has 2 heterocycles. The van der Waals surface area contributed by atoms with Crippen molar-refractivity contribution in [2.75, 3.05) is 24.5 Å². The largest absolute Gasteiger partial charge is 0.480 e. The second-order valence-electron chi connectivity index (χ2n) is 8.66. The van der Waals surface area contributed by atoms with Gasteiger partial charge in [0.05, 0.1) is 6.54 Å². The molecule has 7 heteroatoms. The number of carboxylic acids is 1. The average Bonchev–Trinajstić information content (AvgIpc) is 3.40. The molecule has 1 aromatic heterocycles. The Morgan fingerprint density at radius 2 is 2.16 bits per heavy atom. The molecule has 1 unspecified atom stereocenters. The van der Waals surface area contributed by atoms with Gasteiger partial charge < -0.3 is 19.7 Å². The lowest BCUT2D eigenvalue weighted by Crippen LogP contribution is -2.30. The smallest absolute Gasteiger partial charge is 0.317 e. The lowest BCUT2D eigenvalue weighted by atomic mass is 10.0. The molecule has 3 aromatic rings. The first-order valence-electron chi connectivity index (χ1n) is 11.2. The van der Waals surface area contributed by atoms with Crippen LogP contribution in [0.25, 0.3) is 22.6 Å². The lowest BCUT2D eigenvalue weighted by molar-refractivity contribution is -0.136. The molecule has 1 saturated heterocycles. The summed E-state index contributed by atoms with van der Waals surface area (Å²) < 4.78 is 6.19. The number of hydrogen-bond donors (Lipinski definition) is 2. The lowest BCUT2D eigenvalue weighted by Gasteiger charge is -2.30. The molecular weight excluding hydrogens is 404 g/mol. The van der Waals surface area contributed by atoms with Gasteiger partial charge in [0.2, 0.25) is 5.89 Å². The van der Waals surface area contributed by atoms with Crippen LogP contribution in [0.15, 0.2) is 28.7 Å². The van der Waals surface area contributed by atoms with Gasteiger partial charge in [0, 0.05) is 30.4 Å². The van der Waals surface area contributed by atoms with Crippen molar-refractivity contribution in [1.29, 1.82) is 5.26 Å². The SMILES string of the molecule is Cc1c(-c2nc3cc4c(c(C#N)c3o2)CCC4NCC(=O)O)cccc1N1CCCCC1. The maximum atomic E-state index is 11.0. The number of hydrogen-bond acceptors (Lipinski definition) is 6. The van der Waals surface area contributed by atoms with Gasteiger partial charge in [0.25, 0.3) is 0 Å². The van der Waals surface area contributed by atoms with E-state index in [0.29, 0.717) is 29.0 Å². The molecule has 1 atom stereocenters. The topological polar surface area (TPSA) is 102 Å². The minimum atomic E-state index is -0.896. The van der Waals surface area contributed by atoms with Crippen molar-refractivity contribution in [3.63, 3.8) is 0 Å². The van der Waals surface area contributed by atoms with Crippen LogP contribution in [0.2, 0.25) is 0 Å². The fourth-order valence-electron chi connectivity index (χ4n) is 5.14. The summed E-state index contributed by atoms with van der Waals surface area (Å²) in [7, 11) is 0. The molecule has 0 saturated carbocycles. The minimum Gasteiger partial charge on any atom is -0.480 e. The van der Waals surface area contributed by atoms with E-state index in [2.05, 4.69) is 29.3 Å². The van der Waals surface area contributed by atoms with Crippen LogP contribution in [0.3, 0.4) is 0 Å². The highest BCUT2D eigenvalue weighted by molar-refractivity contribution is 5.86. The maximum Gasteiger partial charge on any atom is 0.317 e. The Kier molecular flexibility index (Phi) is 5.32. The molecule has 1 aliphatic carbocycles. The zero-order valence-electron chi connectivity index (χ0n) is 18.1. The zero-order valence-corrected chi connectivity index (χ0v) is 18.1. The quantitative estimate of drug-likeness (QED) is 0.621. The van der Waals surface area contributed by atoms with Gasteiger partial charge in [-0.15, -0.1) is 0 Å². The van der Waals surface area contributed by atoms with E-state index in [9.17, 15) is 10.1 Å². The van der Waals surface area contributed by atoms with Crippen LogP contribution < -0.4 is 10.2 Å². The minimum absolute atomic E-state index is 0.0954. The molecule has 0 radical (unpaired) electrons. The Morgan fingerprint density at radius 1 is 1.34 bits per heavy atom. The van der Waals surface area contributed by atoms with Crippen molar-refractivity contribution in [2.45, 2.75) is 45.1 Å². The Morgan fingerprint density at radius 3 is 2.91 bits per heavy atom. The van der Waals surface area contributed by atoms with Gasteiger partial charge >= 0.3 is 5.97 Å². The maximum absolute atomic E-state index is 11.0. The standard InChI is InChI=1S/C25H26N4O3/c1-15-16(6-5-7-22(15)29-10-3-2-4-11-29)25-28-21-12-18-17(19(13-26)24(21)32-25)8-9-20(18)27-14-23(30)31/h5-7,12,20,27H,2-4,8-11,14H2,1H3,(H,30,31). The number of aliphatic carboxylic acids is 1. The van der Waals surface area contributed by atoms with Crippen molar-refractivity contribution in [2.24, 2.45) is 0 Å². The highest BCUT2D eigenvalue weighted by Crippen LogP contribution is 2.40. The number of carbonyl (C=O) groups is 1. The van der Waals surface area contributed by atoms with Crippen LogP contribution in [-0.4, -0.2) is 35.7 Å². The Bertz CT molecular complexity index is 1230. The molecule has 1 aliphatic heterocycles. The van der Waals surface area contributed by atoms with E-state index in [1.807, 2.05) is 18.2 Å². The number of fused-ring (bicyclic) bond motifs is 2. The van der Waals surface area contributed by atoms with Gasteiger partial charge in [-0.25, -0.2) is 4.98 Å². The first-order valence-corrected chi connectivity index (χ1v) is 11.2. The van der Waals surface area contributed by atoms with Crippen LogP contribution in [0, 0.1) is 18.3 Å². The first-order chi connectivity index (χ1) is 15.6. The van der Waals surface area contributed by atoms with E-state index >= 15 is 0 Å². The predicted molar refractivity (Wildman–Crippen MR) is 122 cm³/mol. The second-order valence-corrected chi connectivity index (χ2v) is 8.66. The Hall–Kier alpha value is -3.37. The number of anilines is 1. The van der Waals surface area contributed by atoms with E-state index in [1.165, 1.54) is 24.9 Å². The van der Waals surface area contributed by atoms with Crippen LogP contribution in [-0.2, 0) is 11.2 Å². The van der Waals surface area contributed by atoms with Crippen LogP contribution in [0.4, 0.5) is 5.69 Å². The first kappa shape index (κ1) is 20.5. The summed E-state index contributed by atoms with van der Waals surface area (Å²) in [6, 6.07) is 10.4. The van der Waals surface area contributed by atoms with Gasteiger partial charge in [0.15, 0.2) is 5.58 Å². The van der Waals surface area contributed by atoms with Crippen LogP contribution in [0.1, 0.15) is 54.0 Å². The zero-order chi connectivity index (χ0) is 22.2. The Labute approximate surface area is 186 Å². The summed E-state index contributed by atoms with van der Waals surface area (Å²) in [4.78, 5) is 18.2. The highest BCUT2D eigenvalue weighted by atomic mass is 16.4. The number of nitrogens with zero attached hydrogens (tertiary/aromatic N) is 3. The second kappa shape index (κ2) is 8.29. The number of benzene rings is 2. The third-order valence-electron chi connectivity index (χ3n) is 6.73. The molecule has 2 aromatic carbocycles. The van der Waals surface area contributed by atoms with Crippen molar-refractivity contribution in [3.8, 4) is 17.5 Å². The third-order valence-corrected chi connectivity index (χ3v) is 6.73. The molecule has 0 bridgehead atoms. The molecule has 1 fully saturated rings. The van der Waals surface area contributed by atoms with E-state index in [-0.39, 0.29) is 12.6 Å². The molecule has 7 nitrogen and oxygen atoms in total. The van der Waals surface area contributed by atoms with Crippen molar-refractivity contribution in [3.05, 3.63) is 46.5 Å². The number of nitrogens with one attached hydrogen (secondary N) is 1.